The molecule has 22 heavy (non-hydrogen) atoms. The molecule has 2 heterocycles. The Kier molecular flexibility index (Phi) is 3.58. The van der Waals surface area contributed by atoms with Gasteiger partial charge >= 0.3 is 5.97 Å². The van der Waals surface area contributed by atoms with Gasteiger partial charge in [0.2, 0.25) is 0 Å². The van der Waals surface area contributed by atoms with Crippen molar-refractivity contribution in [3.63, 3.8) is 0 Å². The van der Waals surface area contributed by atoms with Crippen molar-refractivity contribution in [2.45, 2.75) is 19.9 Å². The first-order valence-corrected chi connectivity index (χ1v) is 7.22. The standard InChI is InChI=1S/C16H14ClN3O2/c1-9(2)20-15-13(8-18-20)12(16(21)22)7-14(19-15)10-3-5-11(17)6-4-10/h3-9H,1-2H3,(H,21,22). The summed E-state index contributed by atoms with van der Waals surface area (Å²) in [4.78, 5) is 16.1. The molecule has 0 aliphatic carbocycles. The second kappa shape index (κ2) is 5.42. The average molecular weight is 316 g/mol. The van der Waals surface area contributed by atoms with Gasteiger partial charge in [-0.3, -0.25) is 0 Å². The molecule has 0 aliphatic rings. The summed E-state index contributed by atoms with van der Waals surface area (Å²) >= 11 is 5.90. The molecule has 1 aromatic carbocycles. The maximum absolute atomic E-state index is 11.5. The van der Waals surface area contributed by atoms with Crippen LogP contribution in [0.1, 0.15) is 30.2 Å². The number of aromatic carboxylic acids is 1. The maximum atomic E-state index is 11.5. The van der Waals surface area contributed by atoms with Crippen LogP contribution in [0.2, 0.25) is 5.02 Å². The number of fused-ring (bicyclic) bond motifs is 1. The first kappa shape index (κ1) is 14.5. The van der Waals surface area contributed by atoms with E-state index in [-0.39, 0.29) is 11.6 Å². The van der Waals surface area contributed by atoms with Crippen LogP contribution < -0.4 is 0 Å². The Hall–Kier alpha value is -2.40. The predicted octanol–water partition coefficient (Wildman–Crippen LogP) is 4.03. The second-order valence-electron chi connectivity index (χ2n) is 5.29. The van der Waals surface area contributed by atoms with Gasteiger partial charge in [-0.05, 0) is 32.0 Å². The predicted molar refractivity (Wildman–Crippen MR) is 85.3 cm³/mol. The summed E-state index contributed by atoms with van der Waals surface area (Å²) in [5.74, 6) is -0.995. The number of pyridine rings is 1. The minimum Gasteiger partial charge on any atom is -0.478 e. The van der Waals surface area contributed by atoms with Crippen LogP contribution in [-0.2, 0) is 0 Å². The van der Waals surface area contributed by atoms with Crippen LogP contribution in [0.4, 0.5) is 0 Å². The van der Waals surface area contributed by atoms with E-state index < -0.39 is 5.97 Å². The van der Waals surface area contributed by atoms with E-state index in [0.717, 1.165) is 5.56 Å². The topological polar surface area (TPSA) is 68.0 Å². The molecule has 0 spiro atoms. The van der Waals surface area contributed by atoms with Gasteiger partial charge < -0.3 is 5.11 Å². The number of carboxylic acid groups (broad SMARTS) is 1. The summed E-state index contributed by atoms with van der Waals surface area (Å²) in [7, 11) is 0. The summed E-state index contributed by atoms with van der Waals surface area (Å²) in [5, 5.41) is 14.9. The van der Waals surface area contributed by atoms with E-state index in [1.807, 2.05) is 26.0 Å². The zero-order valence-electron chi connectivity index (χ0n) is 12.1. The number of hydrogen-bond acceptors (Lipinski definition) is 3. The molecule has 6 heteroatoms. The Labute approximate surface area is 132 Å². The SMILES string of the molecule is CC(C)n1ncc2c(C(=O)O)cc(-c3ccc(Cl)cc3)nc21. The highest BCUT2D eigenvalue weighted by atomic mass is 35.5. The van der Waals surface area contributed by atoms with Gasteiger partial charge in [-0.25, -0.2) is 14.5 Å². The minimum absolute atomic E-state index is 0.0899. The molecule has 0 saturated heterocycles. The number of carboxylic acids is 1. The van der Waals surface area contributed by atoms with Gasteiger partial charge in [-0.15, -0.1) is 0 Å². The van der Waals surface area contributed by atoms with Crippen molar-refractivity contribution in [3.05, 3.63) is 47.1 Å². The van der Waals surface area contributed by atoms with Crippen molar-refractivity contribution >= 4 is 28.6 Å². The highest BCUT2D eigenvalue weighted by Gasteiger charge is 2.17. The van der Waals surface area contributed by atoms with Gasteiger partial charge in [0.15, 0.2) is 5.65 Å². The molecule has 5 nitrogen and oxygen atoms in total. The zero-order chi connectivity index (χ0) is 15.9. The first-order valence-electron chi connectivity index (χ1n) is 6.85. The van der Waals surface area contributed by atoms with Crippen molar-refractivity contribution in [2.75, 3.05) is 0 Å². The first-order chi connectivity index (χ1) is 10.5. The summed E-state index contributed by atoms with van der Waals surface area (Å²) in [6, 6.07) is 8.80. The van der Waals surface area contributed by atoms with Crippen LogP contribution >= 0.6 is 11.6 Å². The molecule has 3 rings (SSSR count). The normalized spacial score (nSPS) is 11.3. The molecular formula is C16H14ClN3O2. The van der Waals surface area contributed by atoms with Crippen molar-refractivity contribution in [1.29, 1.82) is 0 Å². The minimum atomic E-state index is -0.995. The number of benzene rings is 1. The molecule has 0 fully saturated rings. The molecule has 0 unspecified atom stereocenters. The molecule has 0 saturated carbocycles. The highest BCUT2D eigenvalue weighted by Crippen LogP contribution is 2.27. The Balaban J connectivity index is 2.29. The van der Waals surface area contributed by atoms with Gasteiger partial charge in [-0.2, -0.15) is 5.10 Å². The fourth-order valence-electron chi connectivity index (χ4n) is 2.34. The molecule has 1 N–H and O–H groups in total. The van der Waals surface area contributed by atoms with E-state index in [2.05, 4.69) is 10.1 Å². The summed E-state index contributed by atoms with van der Waals surface area (Å²) < 4.78 is 1.72. The molecule has 0 aliphatic heterocycles. The summed E-state index contributed by atoms with van der Waals surface area (Å²) in [5.41, 5.74) is 2.16. The van der Waals surface area contributed by atoms with Crippen molar-refractivity contribution in [3.8, 4) is 11.3 Å². The lowest BCUT2D eigenvalue weighted by Crippen LogP contribution is -2.05. The van der Waals surface area contributed by atoms with Gasteiger partial charge in [0.1, 0.15) is 0 Å². The van der Waals surface area contributed by atoms with E-state index in [1.54, 1.807) is 29.1 Å². The number of hydrogen-bond donors (Lipinski definition) is 1. The van der Waals surface area contributed by atoms with E-state index in [1.165, 1.54) is 0 Å². The van der Waals surface area contributed by atoms with E-state index in [9.17, 15) is 9.90 Å². The maximum Gasteiger partial charge on any atom is 0.336 e. The number of carbonyl (C=O) groups is 1. The van der Waals surface area contributed by atoms with Crippen molar-refractivity contribution in [2.24, 2.45) is 0 Å². The molecule has 0 atom stereocenters. The van der Waals surface area contributed by atoms with Crippen molar-refractivity contribution < 1.29 is 9.90 Å². The lowest BCUT2D eigenvalue weighted by atomic mass is 10.1. The number of halogens is 1. The van der Waals surface area contributed by atoms with E-state index >= 15 is 0 Å². The van der Waals surface area contributed by atoms with Gasteiger partial charge in [-0.1, -0.05) is 23.7 Å². The third-order valence-corrected chi connectivity index (χ3v) is 3.68. The zero-order valence-corrected chi connectivity index (χ0v) is 12.9. The van der Waals surface area contributed by atoms with Crippen LogP contribution in [0.25, 0.3) is 22.3 Å². The molecule has 0 radical (unpaired) electrons. The van der Waals surface area contributed by atoms with Crippen LogP contribution in [0.15, 0.2) is 36.5 Å². The van der Waals surface area contributed by atoms with Gasteiger partial charge in [0, 0.05) is 16.6 Å². The summed E-state index contributed by atoms with van der Waals surface area (Å²) in [6.07, 6.45) is 1.55. The fraction of sp³-hybridized carbons (Fsp3) is 0.188. The lowest BCUT2D eigenvalue weighted by Gasteiger charge is -2.09. The Morgan fingerprint density at radius 2 is 1.95 bits per heavy atom. The van der Waals surface area contributed by atoms with Gasteiger partial charge in [0.05, 0.1) is 22.8 Å². The van der Waals surface area contributed by atoms with Crippen LogP contribution in [0.5, 0.6) is 0 Å². The molecule has 112 valence electrons. The Morgan fingerprint density at radius 3 is 2.55 bits per heavy atom. The largest absolute Gasteiger partial charge is 0.478 e. The van der Waals surface area contributed by atoms with E-state index in [0.29, 0.717) is 21.7 Å². The molecule has 0 amide bonds. The lowest BCUT2D eigenvalue weighted by molar-refractivity contribution is 0.0699. The average Bonchev–Trinajstić information content (AvgIpc) is 2.90. The number of rotatable bonds is 3. The third kappa shape index (κ3) is 2.44. The fourth-order valence-corrected chi connectivity index (χ4v) is 2.47. The van der Waals surface area contributed by atoms with Crippen LogP contribution in [0.3, 0.4) is 0 Å². The highest BCUT2D eigenvalue weighted by molar-refractivity contribution is 6.30. The second-order valence-corrected chi connectivity index (χ2v) is 5.72. The number of aromatic nitrogens is 3. The third-order valence-electron chi connectivity index (χ3n) is 3.43. The molecule has 2 aromatic heterocycles. The molecule has 0 bridgehead atoms. The quantitative estimate of drug-likeness (QED) is 0.792. The Bertz CT molecular complexity index is 854. The smallest absolute Gasteiger partial charge is 0.336 e. The van der Waals surface area contributed by atoms with Crippen LogP contribution in [0, 0.1) is 0 Å². The monoisotopic (exact) mass is 315 g/mol. The summed E-state index contributed by atoms with van der Waals surface area (Å²) in [6.45, 7) is 3.95. The molecular weight excluding hydrogens is 302 g/mol. The van der Waals surface area contributed by atoms with Gasteiger partial charge in [0.25, 0.3) is 0 Å². The van der Waals surface area contributed by atoms with Crippen LogP contribution in [-0.4, -0.2) is 25.8 Å². The van der Waals surface area contributed by atoms with Crippen molar-refractivity contribution in [1.82, 2.24) is 14.8 Å². The van der Waals surface area contributed by atoms with E-state index in [4.69, 9.17) is 11.6 Å². The molecule has 3 aromatic rings. The Morgan fingerprint density at radius 1 is 1.27 bits per heavy atom. The number of nitrogens with zero attached hydrogens (tertiary/aromatic N) is 3.